The highest BCUT2D eigenvalue weighted by Gasteiger charge is 2.33. The number of ether oxygens (including phenoxy) is 3. The Hall–Kier alpha value is -3.02. The van der Waals surface area contributed by atoms with Crippen molar-refractivity contribution >= 4 is 6.08 Å². The minimum Gasteiger partial charge on any atom is -0.493 e. The molecule has 6 nitrogen and oxygen atoms in total. The predicted molar refractivity (Wildman–Crippen MR) is 84.3 cm³/mol. The summed E-state index contributed by atoms with van der Waals surface area (Å²) in [4.78, 5) is 11.0. The molecule has 0 spiro atoms. The van der Waals surface area contributed by atoms with Crippen molar-refractivity contribution in [3.8, 4) is 17.2 Å². The third-order valence-corrected chi connectivity index (χ3v) is 3.66. The number of hydrogen-bond acceptors (Lipinski definition) is 5. The number of benzene rings is 2. The van der Waals surface area contributed by atoms with Gasteiger partial charge in [-0.25, -0.2) is 0 Å². The molecule has 0 N–H and O–H groups in total. The highest BCUT2D eigenvalue weighted by molar-refractivity contribution is 5.62. The van der Waals surface area contributed by atoms with Crippen molar-refractivity contribution < 1.29 is 19.1 Å². The monoisotopic (exact) mass is 313 g/mol. The summed E-state index contributed by atoms with van der Waals surface area (Å²) in [7, 11) is 3.05. The molecule has 2 aromatic carbocycles. The van der Waals surface area contributed by atoms with Crippen molar-refractivity contribution in [2.75, 3.05) is 14.2 Å². The molecule has 23 heavy (non-hydrogen) atoms. The molecule has 3 rings (SSSR count). The lowest BCUT2D eigenvalue weighted by Crippen LogP contribution is -2.19. The summed E-state index contributed by atoms with van der Waals surface area (Å²) in [5.74, 6) is 1.66. The molecule has 0 radical (unpaired) electrons. The zero-order chi connectivity index (χ0) is 16.4. The molecule has 1 aliphatic rings. The van der Waals surface area contributed by atoms with E-state index in [4.69, 9.17) is 14.2 Å². The zero-order valence-electron chi connectivity index (χ0n) is 12.7. The Morgan fingerprint density at radius 3 is 2.52 bits per heavy atom. The van der Waals surface area contributed by atoms with Crippen LogP contribution in [0.2, 0.25) is 0 Å². The molecular weight excluding hydrogens is 298 g/mol. The quantitative estimate of drug-likeness (QED) is 0.638. The number of nitrogens with zero attached hydrogens (tertiary/aromatic N) is 1. The minimum atomic E-state index is -0.806. The lowest BCUT2D eigenvalue weighted by molar-refractivity contribution is -0.434. The van der Waals surface area contributed by atoms with Gasteiger partial charge in [0.25, 0.3) is 5.70 Å². The van der Waals surface area contributed by atoms with Gasteiger partial charge < -0.3 is 14.2 Å². The van der Waals surface area contributed by atoms with Crippen molar-refractivity contribution in [3.63, 3.8) is 0 Å². The smallest absolute Gasteiger partial charge is 0.291 e. The summed E-state index contributed by atoms with van der Waals surface area (Å²) in [6.07, 6.45) is 0.736. The van der Waals surface area contributed by atoms with Crippen molar-refractivity contribution in [3.05, 3.63) is 69.4 Å². The van der Waals surface area contributed by atoms with E-state index >= 15 is 0 Å². The average molecular weight is 313 g/mol. The SMILES string of the molecule is COc1ccc(C2Oc3ccccc3C=C2[N+](=O)[O-])cc1OC. The topological polar surface area (TPSA) is 70.8 Å². The van der Waals surface area contributed by atoms with Gasteiger partial charge in [0.15, 0.2) is 11.5 Å². The largest absolute Gasteiger partial charge is 0.493 e. The first-order valence-corrected chi connectivity index (χ1v) is 6.97. The van der Waals surface area contributed by atoms with Crippen LogP contribution in [0, 0.1) is 10.1 Å². The lowest BCUT2D eigenvalue weighted by Gasteiger charge is -2.23. The van der Waals surface area contributed by atoms with Gasteiger partial charge in [0.05, 0.1) is 19.1 Å². The number of hydrogen-bond donors (Lipinski definition) is 0. The average Bonchev–Trinajstić information content (AvgIpc) is 2.59. The molecular formula is C17H15NO5. The fourth-order valence-corrected chi connectivity index (χ4v) is 2.53. The maximum absolute atomic E-state index is 11.4. The molecule has 6 heteroatoms. The summed E-state index contributed by atoms with van der Waals surface area (Å²) >= 11 is 0. The molecule has 1 aliphatic heterocycles. The Kier molecular flexibility index (Phi) is 3.89. The van der Waals surface area contributed by atoms with E-state index in [0.29, 0.717) is 28.4 Å². The van der Waals surface area contributed by atoms with Crippen LogP contribution in [0.4, 0.5) is 0 Å². The number of fused-ring (bicyclic) bond motifs is 1. The third-order valence-electron chi connectivity index (χ3n) is 3.66. The van der Waals surface area contributed by atoms with Crippen molar-refractivity contribution in [2.45, 2.75) is 6.10 Å². The molecule has 0 bridgehead atoms. The van der Waals surface area contributed by atoms with E-state index in [1.807, 2.05) is 12.1 Å². The Balaban J connectivity index is 2.07. The first-order chi connectivity index (χ1) is 11.1. The molecule has 0 aromatic heterocycles. The zero-order valence-corrected chi connectivity index (χ0v) is 12.7. The van der Waals surface area contributed by atoms with Crippen LogP contribution in [0.1, 0.15) is 17.2 Å². The predicted octanol–water partition coefficient (Wildman–Crippen LogP) is 3.46. The highest BCUT2D eigenvalue weighted by Crippen LogP contribution is 2.39. The third kappa shape index (κ3) is 2.70. The first-order valence-electron chi connectivity index (χ1n) is 6.97. The second-order valence-electron chi connectivity index (χ2n) is 4.98. The van der Waals surface area contributed by atoms with Crippen LogP contribution in [0.3, 0.4) is 0 Å². The van der Waals surface area contributed by atoms with E-state index in [1.54, 1.807) is 36.4 Å². The van der Waals surface area contributed by atoms with E-state index in [-0.39, 0.29) is 5.70 Å². The molecule has 0 aliphatic carbocycles. The van der Waals surface area contributed by atoms with Crippen molar-refractivity contribution in [1.29, 1.82) is 0 Å². The van der Waals surface area contributed by atoms with Crippen LogP contribution in [-0.4, -0.2) is 19.1 Å². The number of rotatable bonds is 4. The standard InChI is InChI=1S/C17H15NO5/c1-21-15-8-7-12(10-16(15)22-2)17-13(18(19)20)9-11-5-3-4-6-14(11)23-17/h3-10,17H,1-2H3. The molecule has 0 saturated heterocycles. The van der Waals surface area contributed by atoms with E-state index in [2.05, 4.69) is 0 Å². The van der Waals surface area contributed by atoms with E-state index in [1.165, 1.54) is 14.2 Å². The van der Waals surface area contributed by atoms with Crippen LogP contribution >= 0.6 is 0 Å². The van der Waals surface area contributed by atoms with Crippen LogP contribution in [-0.2, 0) is 0 Å². The Morgan fingerprint density at radius 1 is 1.09 bits per heavy atom. The highest BCUT2D eigenvalue weighted by atomic mass is 16.6. The minimum absolute atomic E-state index is 0.0177. The number of para-hydroxylation sites is 1. The van der Waals surface area contributed by atoms with E-state index in [0.717, 1.165) is 0 Å². The van der Waals surface area contributed by atoms with Crippen molar-refractivity contribution in [1.82, 2.24) is 0 Å². The number of methoxy groups -OCH3 is 2. The van der Waals surface area contributed by atoms with Crippen LogP contribution in [0.25, 0.3) is 6.08 Å². The van der Waals surface area contributed by atoms with E-state index < -0.39 is 11.0 Å². The molecule has 2 aromatic rings. The molecule has 0 saturated carbocycles. The molecule has 0 fully saturated rings. The summed E-state index contributed by atoms with van der Waals surface area (Å²) in [5, 5.41) is 11.4. The summed E-state index contributed by atoms with van der Waals surface area (Å²) in [5.41, 5.74) is 1.30. The Morgan fingerprint density at radius 2 is 1.83 bits per heavy atom. The number of nitro groups is 1. The van der Waals surface area contributed by atoms with Gasteiger partial charge in [-0.1, -0.05) is 24.3 Å². The van der Waals surface area contributed by atoms with Crippen molar-refractivity contribution in [2.24, 2.45) is 0 Å². The van der Waals surface area contributed by atoms with Gasteiger partial charge in [0, 0.05) is 17.2 Å². The van der Waals surface area contributed by atoms with Gasteiger partial charge in [-0.15, -0.1) is 0 Å². The molecule has 1 unspecified atom stereocenters. The van der Waals surface area contributed by atoms with Gasteiger partial charge >= 0.3 is 0 Å². The van der Waals surface area contributed by atoms with Crippen LogP contribution < -0.4 is 14.2 Å². The normalized spacial score (nSPS) is 15.9. The maximum atomic E-state index is 11.4. The molecule has 118 valence electrons. The van der Waals surface area contributed by atoms with Crippen LogP contribution in [0.15, 0.2) is 48.2 Å². The van der Waals surface area contributed by atoms with E-state index in [9.17, 15) is 10.1 Å². The molecule has 1 heterocycles. The first kappa shape index (κ1) is 14.9. The molecule has 1 atom stereocenters. The molecule has 0 amide bonds. The van der Waals surface area contributed by atoms with Gasteiger partial charge in [-0.2, -0.15) is 0 Å². The summed E-state index contributed by atoms with van der Waals surface area (Å²) in [6, 6.07) is 12.3. The second-order valence-corrected chi connectivity index (χ2v) is 4.98. The Bertz CT molecular complexity index is 784. The van der Waals surface area contributed by atoms with Gasteiger partial charge in [-0.05, 0) is 18.2 Å². The fourth-order valence-electron chi connectivity index (χ4n) is 2.53. The second kappa shape index (κ2) is 6.00. The van der Waals surface area contributed by atoms with Gasteiger partial charge in [-0.3, -0.25) is 10.1 Å². The lowest BCUT2D eigenvalue weighted by atomic mass is 10.0. The fraction of sp³-hybridized carbons (Fsp3) is 0.176. The van der Waals surface area contributed by atoms with Crippen LogP contribution in [0.5, 0.6) is 17.2 Å². The maximum Gasteiger partial charge on any atom is 0.291 e. The van der Waals surface area contributed by atoms with Gasteiger partial charge in [0.2, 0.25) is 6.10 Å². The summed E-state index contributed by atoms with van der Waals surface area (Å²) in [6.45, 7) is 0. The van der Waals surface area contributed by atoms with Gasteiger partial charge in [0.1, 0.15) is 5.75 Å². The summed E-state index contributed by atoms with van der Waals surface area (Å²) < 4.78 is 16.3. The Labute approximate surface area is 133 Å².